The van der Waals surface area contributed by atoms with Crippen LogP contribution in [0.4, 0.5) is 18.9 Å². The molecule has 0 atom stereocenters. The Labute approximate surface area is 203 Å². The number of carbonyl (C=O) groups is 1. The van der Waals surface area contributed by atoms with Gasteiger partial charge in [0.15, 0.2) is 17.8 Å². The van der Waals surface area contributed by atoms with Crippen molar-refractivity contribution in [3.05, 3.63) is 53.5 Å². The Morgan fingerprint density at radius 2 is 1.83 bits per heavy atom. The van der Waals surface area contributed by atoms with Gasteiger partial charge < -0.3 is 34.7 Å². The highest BCUT2D eigenvalue weighted by Crippen LogP contribution is 2.52. The summed E-state index contributed by atoms with van der Waals surface area (Å²) in [7, 11) is 0. The van der Waals surface area contributed by atoms with Gasteiger partial charge in [-0.2, -0.15) is 0 Å². The van der Waals surface area contributed by atoms with Crippen LogP contribution in [0, 0.1) is 5.82 Å². The van der Waals surface area contributed by atoms with Gasteiger partial charge in [-0.1, -0.05) is 19.9 Å². The van der Waals surface area contributed by atoms with Crippen molar-refractivity contribution in [2.24, 2.45) is 0 Å². The van der Waals surface area contributed by atoms with Gasteiger partial charge >= 0.3 is 6.29 Å². The molecule has 5 rings (SSSR count). The van der Waals surface area contributed by atoms with Gasteiger partial charge in [0, 0.05) is 22.6 Å². The predicted octanol–water partition coefficient (Wildman–Crippen LogP) is 3.35. The summed E-state index contributed by atoms with van der Waals surface area (Å²) in [5.74, 6) is -1.53. The van der Waals surface area contributed by atoms with Gasteiger partial charge in [0.1, 0.15) is 5.82 Å². The van der Waals surface area contributed by atoms with Crippen LogP contribution in [0.25, 0.3) is 10.9 Å². The van der Waals surface area contributed by atoms with Gasteiger partial charge in [-0.3, -0.25) is 4.79 Å². The second-order valence-electron chi connectivity index (χ2n) is 9.92. The number of amides is 1. The maximum absolute atomic E-state index is 15.1. The number of rotatable bonds is 7. The van der Waals surface area contributed by atoms with E-state index >= 15 is 4.39 Å². The van der Waals surface area contributed by atoms with E-state index in [-0.39, 0.29) is 30.3 Å². The first-order valence-corrected chi connectivity index (χ1v) is 11.4. The van der Waals surface area contributed by atoms with Gasteiger partial charge in [0.05, 0.1) is 29.8 Å². The van der Waals surface area contributed by atoms with Crippen molar-refractivity contribution in [1.82, 2.24) is 4.57 Å². The lowest BCUT2D eigenvalue weighted by atomic mass is 9.90. The Kier molecular flexibility index (Phi) is 5.51. The minimum Gasteiger partial charge on any atom is -0.395 e. The average molecular weight is 506 g/mol. The van der Waals surface area contributed by atoms with Gasteiger partial charge in [0.2, 0.25) is 5.91 Å². The third-order valence-electron chi connectivity index (χ3n) is 6.81. The quantitative estimate of drug-likeness (QED) is 0.366. The molecule has 0 spiro atoms. The zero-order valence-electron chi connectivity index (χ0n) is 19.5. The van der Waals surface area contributed by atoms with E-state index in [1.54, 1.807) is 19.9 Å². The van der Waals surface area contributed by atoms with Crippen LogP contribution in [-0.4, -0.2) is 45.0 Å². The Hall–Kier alpha value is -3.28. The van der Waals surface area contributed by atoms with E-state index in [1.165, 1.54) is 34.9 Å². The number of aliphatic hydroxyl groups is 3. The highest BCUT2D eigenvalue weighted by atomic mass is 19.3. The summed E-state index contributed by atoms with van der Waals surface area (Å²) in [6.45, 7) is 3.05. The fourth-order valence-electron chi connectivity index (χ4n) is 4.64. The number of carbonyl (C=O) groups excluding carboxylic acids is 1. The molecule has 3 aromatic rings. The number of fused-ring (bicyclic) bond motifs is 2. The minimum absolute atomic E-state index is 0.0823. The number of hydrogen-bond acceptors (Lipinski definition) is 6. The van der Waals surface area contributed by atoms with E-state index in [0.29, 0.717) is 35.0 Å². The fourth-order valence-corrected chi connectivity index (χ4v) is 4.64. The largest absolute Gasteiger partial charge is 0.586 e. The van der Waals surface area contributed by atoms with Crippen LogP contribution in [0.1, 0.15) is 37.9 Å². The molecule has 1 aromatic heterocycles. The van der Waals surface area contributed by atoms with Crippen molar-refractivity contribution in [3.63, 3.8) is 0 Å². The second kappa shape index (κ2) is 8.12. The Morgan fingerprint density at radius 1 is 1.14 bits per heavy atom. The third kappa shape index (κ3) is 4.06. The number of alkyl halides is 2. The summed E-state index contributed by atoms with van der Waals surface area (Å²) in [5, 5.41) is 32.1. The zero-order chi connectivity index (χ0) is 26.0. The molecule has 36 heavy (non-hydrogen) atoms. The van der Waals surface area contributed by atoms with Gasteiger partial charge in [-0.15, -0.1) is 8.78 Å². The second-order valence-corrected chi connectivity index (χ2v) is 9.92. The smallest absolute Gasteiger partial charge is 0.395 e. The molecule has 0 unspecified atom stereocenters. The van der Waals surface area contributed by atoms with Crippen LogP contribution in [-0.2, 0) is 22.2 Å². The number of nitrogens with one attached hydrogen (secondary N) is 1. The lowest BCUT2D eigenvalue weighted by molar-refractivity contribution is -0.286. The maximum Gasteiger partial charge on any atom is 0.586 e. The molecular weight excluding hydrogens is 481 g/mol. The van der Waals surface area contributed by atoms with Crippen LogP contribution < -0.4 is 14.8 Å². The first kappa shape index (κ1) is 24.4. The van der Waals surface area contributed by atoms with Crippen LogP contribution in [0.3, 0.4) is 0 Å². The van der Waals surface area contributed by atoms with E-state index in [4.69, 9.17) is 0 Å². The number of halogens is 3. The number of nitrogens with zero attached hydrogens (tertiary/aromatic N) is 1. The summed E-state index contributed by atoms with van der Waals surface area (Å²) < 4.78 is 52.3. The van der Waals surface area contributed by atoms with E-state index in [0.717, 1.165) is 0 Å². The molecule has 0 radical (unpaired) electrons. The molecular formula is C25H25F3N2O6. The van der Waals surface area contributed by atoms with E-state index in [9.17, 15) is 28.9 Å². The first-order valence-electron chi connectivity index (χ1n) is 11.4. The summed E-state index contributed by atoms with van der Waals surface area (Å²) in [6, 6.07) is 8.50. The number of ether oxygens (including phenoxy) is 2. The highest BCUT2D eigenvalue weighted by molar-refractivity contribution is 6.02. The van der Waals surface area contributed by atoms with Gasteiger partial charge in [0.25, 0.3) is 0 Å². The Balaban J connectivity index is 1.47. The van der Waals surface area contributed by atoms with Crippen molar-refractivity contribution >= 4 is 22.5 Å². The van der Waals surface area contributed by atoms with Crippen LogP contribution in [0.2, 0.25) is 0 Å². The van der Waals surface area contributed by atoms with E-state index in [1.807, 2.05) is 0 Å². The number of aliphatic hydroxyl groups excluding tert-OH is 2. The van der Waals surface area contributed by atoms with Crippen molar-refractivity contribution in [3.8, 4) is 11.5 Å². The Bertz CT molecular complexity index is 1360. The topological polar surface area (TPSA) is 113 Å². The molecule has 1 saturated carbocycles. The maximum atomic E-state index is 15.1. The molecule has 4 N–H and O–H groups in total. The minimum atomic E-state index is -3.77. The molecule has 1 amide bonds. The average Bonchev–Trinajstić information content (AvgIpc) is 3.45. The third-order valence-corrected chi connectivity index (χ3v) is 6.81. The summed E-state index contributed by atoms with van der Waals surface area (Å²) in [4.78, 5) is 13.2. The molecule has 2 aliphatic rings. The molecule has 192 valence electrons. The van der Waals surface area contributed by atoms with Crippen molar-refractivity contribution in [2.45, 2.75) is 56.6 Å². The number of anilines is 1. The molecule has 1 aliphatic carbocycles. The van der Waals surface area contributed by atoms with E-state index in [2.05, 4.69) is 14.8 Å². The summed E-state index contributed by atoms with van der Waals surface area (Å²) >= 11 is 0. The summed E-state index contributed by atoms with van der Waals surface area (Å²) in [6.07, 6.45) is -4.59. The molecule has 0 saturated heterocycles. The molecule has 1 fully saturated rings. The lowest BCUT2D eigenvalue weighted by Gasteiger charge is -2.25. The van der Waals surface area contributed by atoms with E-state index < -0.39 is 35.1 Å². The molecule has 11 heteroatoms. The fraction of sp³-hybridized carbons (Fsp3) is 0.400. The Morgan fingerprint density at radius 3 is 2.47 bits per heavy atom. The molecule has 8 nitrogen and oxygen atoms in total. The molecule has 1 aliphatic heterocycles. The molecule has 2 aromatic carbocycles. The first-order chi connectivity index (χ1) is 16.8. The lowest BCUT2D eigenvalue weighted by Crippen LogP contribution is -2.28. The molecule has 0 bridgehead atoms. The highest BCUT2D eigenvalue weighted by Gasteiger charge is 2.53. The standard InChI is InChI=1S/C25H25F3N2O6/c1-23(2,12-31)20-8-13-7-16(15(26)10-17(13)30(20)11-21(32)33)29-22(34)24(5-6-24)14-3-4-18-19(9-14)36-25(27,28)35-18/h3-4,7-10,21,31-33H,5-6,11-12H2,1-2H3,(H,29,34). The predicted molar refractivity (Wildman–Crippen MR) is 122 cm³/mol. The summed E-state index contributed by atoms with van der Waals surface area (Å²) in [5.41, 5.74) is -0.478. The van der Waals surface area contributed by atoms with Crippen molar-refractivity contribution < 1.29 is 42.8 Å². The number of benzene rings is 2. The van der Waals surface area contributed by atoms with Crippen molar-refractivity contribution in [1.29, 1.82) is 0 Å². The van der Waals surface area contributed by atoms with Crippen LogP contribution in [0.5, 0.6) is 11.5 Å². The number of aromatic nitrogens is 1. The van der Waals surface area contributed by atoms with Crippen LogP contribution in [0.15, 0.2) is 36.4 Å². The van der Waals surface area contributed by atoms with Crippen molar-refractivity contribution in [2.75, 3.05) is 11.9 Å². The monoisotopic (exact) mass is 506 g/mol. The SMILES string of the molecule is CC(C)(CO)c1cc2cc(NC(=O)C3(c4ccc5c(c4)OC(F)(F)O5)CC3)c(F)cc2n1CC(O)O. The van der Waals surface area contributed by atoms with Gasteiger partial charge in [-0.25, -0.2) is 4.39 Å². The number of hydrogen-bond donors (Lipinski definition) is 4. The normalized spacial score (nSPS) is 17.6. The van der Waals surface area contributed by atoms with Gasteiger partial charge in [-0.05, 0) is 42.7 Å². The zero-order valence-corrected chi connectivity index (χ0v) is 19.5. The van der Waals surface area contributed by atoms with Crippen LogP contribution >= 0.6 is 0 Å². The molecule has 2 heterocycles.